The van der Waals surface area contributed by atoms with Gasteiger partial charge in [-0.3, -0.25) is 9.59 Å². The summed E-state index contributed by atoms with van der Waals surface area (Å²) in [6.45, 7) is 2.07. The van der Waals surface area contributed by atoms with Gasteiger partial charge in [-0.05, 0) is 31.9 Å². The zero-order valence-corrected chi connectivity index (χ0v) is 12.1. The predicted molar refractivity (Wildman–Crippen MR) is 78.0 cm³/mol. The van der Waals surface area contributed by atoms with Crippen LogP contribution in [0.25, 0.3) is 0 Å². The summed E-state index contributed by atoms with van der Waals surface area (Å²) < 4.78 is 5.07. The fourth-order valence-corrected chi connectivity index (χ4v) is 1.98. The maximum atomic E-state index is 12.1. The lowest BCUT2D eigenvalue weighted by Gasteiger charge is -2.07. The third kappa shape index (κ3) is 3.30. The van der Waals surface area contributed by atoms with Gasteiger partial charge in [-0.15, -0.1) is 0 Å². The minimum absolute atomic E-state index is 0.0386. The Morgan fingerprint density at radius 2 is 2.18 bits per heavy atom. The van der Waals surface area contributed by atoms with Crippen LogP contribution in [0.5, 0.6) is 0 Å². The molecule has 0 aliphatic heterocycles. The molecule has 1 aliphatic carbocycles. The summed E-state index contributed by atoms with van der Waals surface area (Å²) >= 11 is 0. The second-order valence-electron chi connectivity index (χ2n) is 5.23. The van der Waals surface area contributed by atoms with E-state index in [2.05, 4.69) is 20.6 Å². The average molecular weight is 300 g/mol. The van der Waals surface area contributed by atoms with Gasteiger partial charge in [-0.1, -0.05) is 0 Å². The third-order valence-corrected chi connectivity index (χ3v) is 3.48. The van der Waals surface area contributed by atoms with Crippen molar-refractivity contribution in [3.63, 3.8) is 0 Å². The van der Waals surface area contributed by atoms with E-state index in [4.69, 9.17) is 4.42 Å². The van der Waals surface area contributed by atoms with Crippen molar-refractivity contribution in [2.24, 2.45) is 5.92 Å². The second kappa shape index (κ2) is 5.97. The number of carbonyl (C=O) groups excluding carboxylic acids is 2. The first-order chi connectivity index (χ1) is 10.6. The molecule has 2 aromatic rings. The van der Waals surface area contributed by atoms with Crippen LogP contribution in [-0.2, 0) is 11.3 Å². The summed E-state index contributed by atoms with van der Waals surface area (Å²) in [6, 6.07) is 3.16. The fourth-order valence-electron chi connectivity index (χ4n) is 1.98. The number of aryl methyl sites for hydroxylation is 1. The summed E-state index contributed by atoms with van der Waals surface area (Å²) in [5, 5.41) is 5.48. The van der Waals surface area contributed by atoms with Crippen molar-refractivity contribution in [2.45, 2.75) is 26.3 Å². The molecule has 0 atom stereocenters. The topological polar surface area (TPSA) is 97.1 Å². The summed E-state index contributed by atoms with van der Waals surface area (Å²) in [5.41, 5.74) is 1.12. The van der Waals surface area contributed by atoms with E-state index in [0.29, 0.717) is 22.8 Å². The molecule has 0 bridgehead atoms. The Labute approximate surface area is 127 Å². The number of amides is 2. The number of hydrogen-bond acceptors (Lipinski definition) is 5. The molecule has 1 saturated carbocycles. The van der Waals surface area contributed by atoms with Gasteiger partial charge in [0.05, 0.1) is 6.54 Å². The predicted octanol–water partition coefficient (Wildman–Crippen LogP) is 1.66. The Balaban J connectivity index is 1.62. The standard InChI is InChI=1S/C15H16N4O3/c1-9-12(18-8-22-9)7-17-14(20)11-4-5-16-13(6-11)19-15(21)10-2-3-10/h4-6,8,10H,2-3,7H2,1H3,(H,17,20)(H,16,19,21). The van der Waals surface area contributed by atoms with E-state index in [1.807, 2.05) is 0 Å². The van der Waals surface area contributed by atoms with E-state index in [1.54, 1.807) is 19.1 Å². The van der Waals surface area contributed by atoms with Crippen molar-refractivity contribution >= 4 is 17.6 Å². The molecule has 1 aliphatic rings. The lowest BCUT2D eigenvalue weighted by Crippen LogP contribution is -2.23. The first-order valence-corrected chi connectivity index (χ1v) is 7.07. The van der Waals surface area contributed by atoms with Gasteiger partial charge >= 0.3 is 0 Å². The Morgan fingerprint density at radius 1 is 1.36 bits per heavy atom. The highest BCUT2D eigenvalue weighted by Crippen LogP contribution is 2.29. The third-order valence-electron chi connectivity index (χ3n) is 3.48. The first-order valence-electron chi connectivity index (χ1n) is 7.07. The van der Waals surface area contributed by atoms with E-state index in [1.165, 1.54) is 12.6 Å². The number of nitrogens with one attached hydrogen (secondary N) is 2. The van der Waals surface area contributed by atoms with Crippen LogP contribution in [0.15, 0.2) is 29.1 Å². The highest BCUT2D eigenvalue weighted by atomic mass is 16.3. The molecule has 7 nitrogen and oxygen atoms in total. The molecule has 3 rings (SSSR count). The molecule has 7 heteroatoms. The average Bonchev–Trinajstić information content (AvgIpc) is 3.29. The van der Waals surface area contributed by atoms with E-state index >= 15 is 0 Å². The van der Waals surface area contributed by atoms with Crippen LogP contribution in [0.2, 0.25) is 0 Å². The van der Waals surface area contributed by atoms with Crippen molar-refractivity contribution in [3.8, 4) is 0 Å². The molecule has 2 amide bonds. The Morgan fingerprint density at radius 3 is 2.86 bits per heavy atom. The van der Waals surface area contributed by atoms with Crippen molar-refractivity contribution in [2.75, 3.05) is 5.32 Å². The van der Waals surface area contributed by atoms with E-state index in [-0.39, 0.29) is 24.3 Å². The molecule has 0 aromatic carbocycles. The molecule has 1 fully saturated rings. The normalized spacial score (nSPS) is 13.7. The number of pyridine rings is 1. The van der Waals surface area contributed by atoms with Crippen LogP contribution >= 0.6 is 0 Å². The van der Waals surface area contributed by atoms with E-state index in [9.17, 15) is 9.59 Å². The number of carbonyl (C=O) groups is 2. The van der Waals surface area contributed by atoms with Crippen LogP contribution in [0.3, 0.4) is 0 Å². The summed E-state index contributed by atoms with van der Waals surface area (Å²) in [5.74, 6) is 0.860. The first kappa shape index (κ1) is 14.2. The molecule has 0 spiro atoms. The molecule has 2 aromatic heterocycles. The number of anilines is 1. The molecule has 114 valence electrons. The number of hydrogen-bond donors (Lipinski definition) is 2. The van der Waals surface area contributed by atoms with Gasteiger partial charge < -0.3 is 15.1 Å². The SMILES string of the molecule is Cc1ocnc1CNC(=O)c1ccnc(NC(=O)C2CC2)c1. The maximum Gasteiger partial charge on any atom is 0.251 e. The molecule has 0 unspecified atom stereocenters. The number of rotatable bonds is 5. The molecule has 2 heterocycles. The van der Waals surface area contributed by atoms with Gasteiger partial charge in [-0.2, -0.15) is 0 Å². The Kier molecular flexibility index (Phi) is 3.86. The highest BCUT2D eigenvalue weighted by molar-refractivity contribution is 5.97. The summed E-state index contributed by atoms with van der Waals surface area (Å²) in [4.78, 5) is 31.9. The quantitative estimate of drug-likeness (QED) is 0.875. The molecule has 0 radical (unpaired) electrons. The van der Waals surface area contributed by atoms with Crippen molar-refractivity contribution < 1.29 is 14.0 Å². The van der Waals surface area contributed by atoms with E-state index < -0.39 is 0 Å². The molecule has 2 N–H and O–H groups in total. The van der Waals surface area contributed by atoms with Gasteiger partial charge in [0.1, 0.15) is 17.3 Å². The number of oxazole rings is 1. The van der Waals surface area contributed by atoms with Crippen LogP contribution < -0.4 is 10.6 Å². The second-order valence-corrected chi connectivity index (χ2v) is 5.23. The largest absolute Gasteiger partial charge is 0.448 e. The maximum absolute atomic E-state index is 12.1. The van der Waals surface area contributed by atoms with Gasteiger partial charge in [0.25, 0.3) is 5.91 Å². The van der Waals surface area contributed by atoms with Crippen LogP contribution in [0.4, 0.5) is 5.82 Å². The lowest BCUT2D eigenvalue weighted by atomic mass is 10.2. The van der Waals surface area contributed by atoms with Crippen molar-refractivity contribution in [3.05, 3.63) is 41.7 Å². The van der Waals surface area contributed by atoms with Gasteiger partial charge in [0, 0.05) is 17.7 Å². The van der Waals surface area contributed by atoms with E-state index in [0.717, 1.165) is 12.8 Å². The van der Waals surface area contributed by atoms with Crippen LogP contribution in [0, 0.1) is 12.8 Å². The molecular weight excluding hydrogens is 284 g/mol. The molecular formula is C15H16N4O3. The minimum atomic E-state index is -0.258. The Bertz CT molecular complexity index is 706. The van der Waals surface area contributed by atoms with Crippen LogP contribution in [0.1, 0.15) is 34.7 Å². The van der Waals surface area contributed by atoms with Crippen LogP contribution in [-0.4, -0.2) is 21.8 Å². The highest BCUT2D eigenvalue weighted by Gasteiger charge is 2.29. The van der Waals surface area contributed by atoms with Gasteiger partial charge in [0.2, 0.25) is 5.91 Å². The fraction of sp³-hybridized carbons (Fsp3) is 0.333. The smallest absolute Gasteiger partial charge is 0.251 e. The monoisotopic (exact) mass is 300 g/mol. The molecule has 0 saturated heterocycles. The summed E-state index contributed by atoms with van der Waals surface area (Å²) in [6.07, 6.45) is 4.68. The zero-order chi connectivity index (χ0) is 15.5. The summed E-state index contributed by atoms with van der Waals surface area (Å²) in [7, 11) is 0. The van der Waals surface area contributed by atoms with Gasteiger partial charge in [-0.25, -0.2) is 9.97 Å². The Hall–Kier alpha value is -2.70. The molecule has 22 heavy (non-hydrogen) atoms. The zero-order valence-electron chi connectivity index (χ0n) is 12.1. The van der Waals surface area contributed by atoms with Crippen molar-refractivity contribution in [1.82, 2.24) is 15.3 Å². The minimum Gasteiger partial charge on any atom is -0.448 e. The number of aromatic nitrogens is 2. The van der Waals surface area contributed by atoms with Gasteiger partial charge in [0.15, 0.2) is 6.39 Å². The lowest BCUT2D eigenvalue weighted by molar-refractivity contribution is -0.117. The van der Waals surface area contributed by atoms with Crippen molar-refractivity contribution in [1.29, 1.82) is 0 Å². The number of nitrogens with zero attached hydrogens (tertiary/aromatic N) is 2.